The predicted octanol–water partition coefficient (Wildman–Crippen LogP) is 4.32. The lowest BCUT2D eigenvalue weighted by Gasteiger charge is -2.19. The molecule has 0 fully saturated rings. The number of hydrogen-bond donors (Lipinski definition) is 1. The minimum atomic E-state index is -0.479. The fourth-order valence-electron chi connectivity index (χ4n) is 4.18. The summed E-state index contributed by atoms with van der Waals surface area (Å²) in [5.74, 6) is -0.232. The number of carbonyl (C=O) groups excluding carboxylic acids is 2. The molecule has 0 heterocycles. The molecule has 2 aromatic carbocycles. The van der Waals surface area contributed by atoms with Gasteiger partial charge < -0.3 is 33.7 Å². The Kier molecular flexibility index (Phi) is 12.7. The van der Waals surface area contributed by atoms with Crippen molar-refractivity contribution in [1.82, 2.24) is 5.32 Å². The molecule has 0 unspecified atom stereocenters. The third kappa shape index (κ3) is 11.0. The molecular formula is C30H41NO8. The molecule has 214 valence electrons. The highest BCUT2D eigenvalue weighted by Gasteiger charge is 2.28. The molecule has 1 aliphatic rings. The van der Waals surface area contributed by atoms with E-state index in [0.717, 1.165) is 0 Å². The van der Waals surface area contributed by atoms with Gasteiger partial charge in [-0.15, -0.1) is 0 Å². The summed E-state index contributed by atoms with van der Waals surface area (Å²) in [7, 11) is 0. The van der Waals surface area contributed by atoms with Crippen LogP contribution < -0.4 is 5.32 Å². The minimum absolute atomic E-state index is 0.0391. The van der Waals surface area contributed by atoms with E-state index in [-0.39, 0.29) is 24.9 Å². The highest BCUT2D eigenvalue weighted by atomic mass is 16.6. The maximum Gasteiger partial charge on any atom is 0.407 e. The highest BCUT2D eigenvalue weighted by Crippen LogP contribution is 2.44. The van der Waals surface area contributed by atoms with E-state index in [4.69, 9.17) is 28.4 Å². The molecule has 0 saturated carbocycles. The number of amides is 1. The van der Waals surface area contributed by atoms with Gasteiger partial charge in [-0.05, 0) is 43.0 Å². The monoisotopic (exact) mass is 543 g/mol. The average Bonchev–Trinajstić information content (AvgIpc) is 3.22. The Balaban J connectivity index is 1.12. The average molecular weight is 544 g/mol. The van der Waals surface area contributed by atoms with Crippen molar-refractivity contribution >= 4 is 12.1 Å². The van der Waals surface area contributed by atoms with Gasteiger partial charge in [0.15, 0.2) is 0 Å². The molecule has 0 radical (unpaired) electrons. The van der Waals surface area contributed by atoms with E-state index in [2.05, 4.69) is 29.6 Å². The molecule has 9 heteroatoms. The largest absolute Gasteiger partial charge is 0.460 e. The van der Waals surface area contributed by atoms with Gasteiger partial charge in [-0.3, -0.25) is 4.79 Å². The van der Waals surface area contributed by atoms with Crippen molar-refractivity contribution in [2.75, 3.05) is 66.0 Å². The zero-order valence-corrected chi connectivity index (χ0v) is 23.2. The molecular weight excluding hydrogens is 502 g/mol. The Morgan fingerprint density at radius 3 is 1.74 bits per heavy atom. The van der Waals surface area contributed by atoms with E-state index in [0.29, 0.717) is 59.4 Å². The van der Waals surface area contributed by atoms with Crippen LogP contribution in [0.2, 0.25) is 0 Å². The fraction of sp³-hybridized carbons (Fsp3) is 0.533. The van der Waals surface area contributed by atoms with Crippen molar-refractivity contribution in [2.24, 2.45) is 0 Å². The van der Waals surface area contributed by atoms with Gasteiger partial charge in [0.05, 0.1) is 59.3 Å². The van der Waals surface area contributed by atoms with Crippen LogP contribution in [0.4, 0.5) is 4.79 Å². The Morgan fingerprint density at radius 1 is 0.718 bits per heavy atom. The molecule has 0 atom stereocenters. The van der Waals surface area contributed by atoms with Crippen molar-refractivity contribution in [3.05, 3.63) is 59.7 Å². The molecule has 0 aromatic heterocycles. The smallest absolute Gasteiger partial charge is 0.407 e. The normalized spacial score (nSPS) is 12.6. The Labute approximate surface area is 231 Å². The molecule has 1 aliphatic carbocycles. The lowest BCUT2D eigenvalue weighted by atomic mass is 9.98. The Bertz CT molecular complexity index is 990. The van der Waals surface area contributed by atoms with Gasteiger partial charge in [-0.25, -0.2) is 4.79 Å². The van der Waals surface area contributed by atoms with Gasteiger partial charge in [0, 0.05) is 12.5 Å². The summed E-state index contributed by atoms with van der Waals surface area (Å²) in [6.07, 6.45) is -0.232. The zero-order chi connectivity index (χ0) is 27.9. The van der Waals surface area contributed by atoms with Gasteiger partial charge in [0.2, 0.25) is 0 Å². The second kappa shape index (κ2) is 16.2. The number of alkyl carbamates (subject to hydrolysis) is 1. The van der Waals surface area contributed by atoms with Gasteiger partial charge in [0.25, 0.3) is 0 Å². The van der Waals surface area contributed by atoms with Crippen LogP contribution in [-0.4, -0.2) is 83.7 Å². The molecule has 1 amide bonds. The zero-order valence-electron chi connectivity index (χ0n) is 23.2. The van der Waals surface area contributed by atoms with Gasteiger partial charge in [-0.1, -0.05) is 48.5 Å². The van der Waals surface area contributed by atoms with Crippen molar-refractivity contribution < 1.29 is 38.0 Å². The van der Waals surface area contributed by atoms with Crippen LogP contribution in [0.25, 0.3) is 11.1 Å². The lowest BCUT2D eigenvalue weighted by molar-refractivity contribution is -0.156. The van der Waals surface area contributed by atoms with Crippen LogP contribution in [0.1, 0.15) is 44.2 Å². The van der Waals surface area contributed by atoms with E-state index in [1.807, 2.05) is 45.0 Å². The van der Waals surface area contributed by atoms with Crippen molar-refractivity contribution in [3.8, 4) is 11.1 Å². The number of esters is 1. The first-order valence-electron chi connectivity index (χ1n) is 13.5. The van der Waals surface area contributed by atoms with E-state index >= 15 is 0 Å². The summed E-state index contributed by atoms with van der Waals surface area (Å²) >= 11 is 0. The topological polar surface area (TPSA) is 102 Å². The first-order chi connectivity index (χ1) is 18.8. The quantitative estimate of drug-likeness (QED) is 0.233. The number of carbonyl (C=O) groups is 2. The van der Waals surface area contributed by atoms with Crippen LogP contribution in [-0.2, 0) is 33.2 Å². The van der Waals surface area contributed by atoms with E-state index in [9.17, 15) is 9.59 Å². The molecule has 39 heavy (non-hydrogen) atoms. The van der Waals surface area contributed by atoms with Gasteiger partial charge in [0.1, 0.15) is 12.2 Å². The van der Waals surface area contributed by atoms with Crippen LogP contribution in [0.3, 0.4) is 0 Å². The van der Waals surface area contributed by atoms with Crippen molar-refractivity contribution in [2.45, 2.75) is 38.7 Å². The van der Waals surface area contributed by atoms with Crippen molar-refractivity contribution in [3.63, 3.8) is 0 Å². The second-order valence-corrected chi connectivity index (χ2v) is 10.0. The molecule has 2 aromatic rings. The lowest BCUT2D eigenvalue weighted by Crippen LogP contribution is -2.29. The number of benzene rings is 2. The second-order valence-electron chi connectivity index (χ2n) is 10.0. The molecule has 0 aliphatic heterocycles. The van der Waals surface area contributed by atoms with Crippen LogP contribution in [0, 0.1) is 0 Å². The first kappa shape index (κ1) is 30.6. The molecule has 0 spiro atoms. The molecule has 0 saturated heterocycles. The SMILES string of the molecule is CC(C)(C)OC(=O)CCOCCOCCOCCOCCNC(=O)OCC1c2ccccc2-c2ccccc21. The minimum Gasteiger partial charge on any atom is -0.460 e. The number of ether oxygens (including phenoxy) is 6. The summed E-state index contributed by atoms with van der Waals surface area (Å²) in [6, 6.07) is 16.5. The maximum absolute atomic E-state index is 12.2. The van der Waals surface area contributed by atoms with Crippen LogP contribution in [0.15, 0.2) is 48.5 Å². The first-order valence-corrected chi connectivity index (χ1v) is 13.5. The molecule has 0 bridgehead atoms. The molecule has 9 nitrogen and oxygen atoms in total. The summed E-state index contributed by atoms with van der Waals surface area (Å²) in [5.41, 5.74) is 4.29. The Hall–Kier alpha value is -2.98. The third-order valence-electron chi connectivity index (χ3n) is 5.85. The van der Waals surface area contributed by atoms with Gasteiger partial charge in [-0.2, -0.15) is 0 Å². The maximum atomic E-state index is 12.2. The fourth-order valence-corrected chi connectivity index (χ4v) is 4.18. The number of hydrogen-bond acceptors (Lipinski definition) is 8. The van der Waals surface area contributed by atoms with E-state index < -0.39 is 11.7 Å². The predicted molar refractivity (Wildman–Crippen MR) is 147 cm³/mol. The summed E-state index contributed by atoms with van der Waals surface area (Å²) in [5, 5.41) is 2.73. The number of rotatable bonds is 17. The van der Waals surface area contributed by atoms with E-state index in [1.54, 1.807) is 0 Å². The van der Waals surface area contributed by atoms with Gasteiger partial charge >= 0.3 is 12.1 Å². The Morgan fingerprint density at radius 2 is 1.21 bits per heavy atom. The summed E-state index contributed by atoms with van der Waals surface area (Å²) < 4.78 is 32.4. The van der Waals surface area contributed by atoms with Crippen molar-refractivity contribution in [1.29, 1.82) is 0 Å². The summed E-state index contributed by atoms with van der Waals surface area (Å²) in [4.78, 5) is 23.7. The van der Waals surface area contributed by atoms with Crippen LogP contribution in [0.5, 0.6) is 0 Å². The highest BCUT2D eigenvalue weighted by molar-refractivity contribution is 5.79. The molecule has 3 rings (SSSR count). The number of nitrogens with one attached hydrogen (secondary N) is 1. The van der Waals surface area contributed by atoms with Crippen LogP contribution >= 0.6 is 0 Å². The third-order valence-corrected chi connectivity index (χ3v) is 5.85. The standard InChI is InChI=1S/C30H41NO8/c1-30(2,3)39-28(32)12-14-34-16-18-36-20-21-37-19-17-35-15-13-31-29(33)38-22-27-25-10-6-4-8-23(25)24-9-5-7-11-26(24)27/h4-11,27H,12-22H2,1-3H3,(H,31,33). The summed E-state index contributed by atoms with van der Waals surface area (Å²) in [6.45, 7) is 9.38. The molecule has 1 N–H and O–H groups in total. The van der Waals surface area contributed by atoms with E-state index in [1.165, 1.54) is 22.3 Å². The number of fused-ring (bicyclic) bond motifs is 3.